The van der Waals surface area contributed by atoms with Crippen LogP contribution in [0.1, 0.15) is 47.0 Å². The summed E-state index contributed by atoms with van der Waals surface area (Å²) in [7, 11) is 0. The molecule has 0 heterocycles. The quantitative estimate of drug-likeness (QED) is 0.500. The molecular weight excluding hydrogens is 148 g/mol. The molecule has 12 heavy (non-hydrogen) atoms. The maximum atomic E-state index is 5.70. The monoisotopic (exact) mass is 170 g/mol. The van der Waals surface area contributed by atoms with Gasteiger partial charge in [-0.2, -0.15) is 0 Å². The van der Waals surface area contributed by atoms with Gasteiger partial charge in [0.15, 0.2) is 0 Å². The van der Waals surface area contributed by atoms with E-state index in [0.29, 0.717) is 5.41 Å². The molecule has 0 fully saturated rings. The van der Waals surface area contributed by atoms with Crippen molar-refractivity contribution in [3.63, 3.8) is 0 Å². The second-order valence-electron chi connectivity index (χ2n) is 4.08. The molecule has 0 aromatic heterocycles. The summed E-state index contributed by atoms with van der Waals surface area (Å²) in [6.45, 7) is 9.60. The molecule has 0 aromatic carbocycles. The topological polar surface area (TPSA) is 38.4 Å². The smallest absolute Gasteiger partial charge is 0.0937 e. The molecule has 0 saturated carbocycles. The molecule has 0 atom stereocenters. The molecule has 0 bridgehead atoms. The second kappa shape index (κ2) is 5.18. The zero-order valence-corrected chi connectivity index (χ0v) is 8.85. The number of nitrogens with zero attached hydrogens (tertiary/aromatic N) is 1. The van der Waals surface area contributed by atoms with Crippen molar-refractivity contribution in [3.8, 4) is 0 Å². The summed E-state index contributed by atoms with van der Waals surface area (Å²) in [5, 5.41) is 0. The number of rotatable bonds is 5. The Morgan fingerprint density at radius 2 is 1.92 bits per heavy atom. The molecule has 0 aliphatic rings. The summed E-state index contributed by atoms with van der Waals surface area (Å²) in [5.74, 6) is 0.805. The van der Waals surface area contributed by atoms with Crippen LogP contribution in [0.4, 0.5) is 0 Å². The van der Waals surface area contributed by atoms with Crippen molar-refractivity contribution in [2.75, 3.05) is 6.54 Å². The van der Waals surface area contributed by atoms with Gasteiger partial charge < -0.3 is 5.73 Å². The van der Waals surface area contributed by atoms with E-state index in [9.17, 15) is 0 Å². The zero-order chi connectivity index (χ0) is 9.61. The van der Waals surface area contributed by atoms with Crippen LogP contribution in [-0.2, 0) is 0 Å². The molecule has 0 radical (unpaired) electrons. The molecule has 0 aliphatic heterocycles. The predicted molar refractivity (Wildman–Crippen MR) is 55.5 cm³/mol. The van der Waals surface area contributed by atoms with Crippen LogP contribution in [0.3, 0.4) is 0 Å². The van der Waals surface area contributed by atoms with Crippen molar-refractivity contribution < 1.29 is 0 Å². The van der Waals surface area contributed by atoms with E-state index in [0.717, 1.165) is 31.6 Å². The number of aliphatic imine (C=N–C) groups is 1. The standard InChI is InChI=1S/C10H22N2/c1-5-7-9(11)12-8-10(3,4)6-2/h5-8H2,1-4H3,(H2,11,12). The molecule has 2 N–H and O–H groups in total. The highest BCUT2D eigenvalue weighted by Crippen LogP contribution is 2.19. The molecule has 0 aliphatic carbocycles. The second-order valence-corrected chi connectivity index (χ2v) is 4.08. The van der Waals surface area contributed by atoms with E-state index in [1.165, 1.54) is 0 Å². The molecule has 0 unspecified atom stereocenters. The molecule has 0 spiro atoms. The van der Waals surface area contributed by atoms with Crippen LogP contribution in [0.5, 0.6) is 0 Å². The third-order valence-corrected chi connectivity index (χ3v) is 2.17. The summed E-state index contributed by atoms with van der Waals surface area (Å²) in [6.07, 6.45) is 3.16. The average Bonchev–Trinajstić information content (AvgIpc) is 2.02. The molecule has 0 amide bonds. The van der Waals surface area contributed by atoms with Crippen molar-refractivity contribution in [3.05, 3.63) is 0 Å². The highest BCUT2D eigenvalue weighted by Gasteiger charge is 2.13. The predicted octanol–water partition coefficient (Wildman–Crippen LogP) is 2.58. The Morgan fingerprint density at radius 1 is 1.33 bits per heavy atom. The van der Waals surface area contributed by atoms with Gasteiger partial charge in [-0.3, -0.25) is 4.99 Å². The van der Waals surface area contributed by atoms with E-state index in [2.05, 4.69) is 32.7 Å². The van der Waals surface area contributed by atoms with Crippen molar-refractivity contribution in [2.24, 2.45) is 16.1 Å². The zero-order valence-electron chi connectivity index (χ0n) is 8.85. The van der Waals surface area contributed by atoms with Crippen LogP contribution >= 0.6 is 0 Å². The van der Waals surface area contributed by atoms with E-state index in [1.54, 1.807) is 0 Å². The van der Waals surface area contributed by atoms with E-state index in [-0.39, 0.29) is 0 Å². The summed E-state index contributed by atoms with van der Waals surface area (Å²) in [6, 6.07) is 0. The van der Waals surface area contributed by atoms with Gasteiger partial charge in [-0.05, 0) is 18.3 Å². The Kier molecular flexibility index (Phi) is 4.95. The third-order valence-electron chi connectivity index (χ3n) is 2.17. The maximum absolute atomic E-state index is 5.70. The number of amidine groups is 1. The first-order valence-corrected chi connectivity index (χ1v) is 4.80. The molecule has 2 nitrogen and oxygen atoms in total. The van der Waals surface area contributed by atoms with Crippen molar-refractivity contribution >= 4 is 5.84 Å². The molecule has 72 valence electrons. The van der Waals surface area contributed by atoms with E-state index < -0.39 is 0 Å². The minimum Gasteiger partial charge on any atom is -0.387 e. The van der Waals surface area contributed by atoms with E-state index in [4.69, 9.17) is 5.73 Å². The van der Waals surface area contributed by atoms with Gasteiger partial charge in [0.05, 0.1) is 5.84 Å². The Balaban J connectivity index is 3.86. The van der Waals surface area contributed by atoms with Gasteiger partial charge in [0.2, 0.25) is 0 Å². The number of hydrogen-bond acceptors (Lipinski definition) is 1. The Hall–Kier alpha value is -0.530. The molecule has 0 saturated heterocycles. The SMILES string of the molecule is CCCC(N)=NCC(C)(C)CC. The largest absolute Gasteiger partial charge is 0.387 e. The van der Waals surface area contributed by atoms with Crippen molar-refractivity contribution in [2.45, 2.75) is 47.0 Å². The minimum atomic E-state index is 0.304. The Morgan fingerprint density at radius 3 is 2.33 bits per heavy atom. The first-order valence-electron chi connectivity index (χ1n) is 4.80. The van der Waals surface area contributed by atoms with E-state index in [1.807, 2.05) is 0 Å². The maximum Gasteiger partial charge on any atom is 0.0937 e. The van der Waals surface area contributed by atoms with Gasteiger partial charge in [-0.1, -0.05) is 27.7 Å². The minimum absolute atomic E-state index is 0.304. The van der Waals surface area contributed by atoms with Crippen LogP contribution in [-0.4, -0.2) is 12.4 Å². The fraction of sp³-hybridized carbons (Fsp3) is 0.900. The molecule has 0 aromatic rings. The normalized spacial score (nSPS) is 13.5. The first-order chi connectivity index (χ1) is 5.52. The highest BCUT2D eigenvalue weighted by atomic mass is 14.9. The lowest BCUT2D eigenvalue weighted by Crippen LogP contribution is -2.18. The summed E-state index contributed by atoms with van der Waals surface area (Å²) in [5.41, 5.74) is 6.00. The van der Waals surface area contributed by atoms with Crippen LogP contribution in [0.15, 0.2) is 4.99 Å². The summed E-state index contributed by atoms with van der Waals surface area (Å²) < 4.78 is 0. The average molecular weight is 170 g/mol. The van der Waals surface area contributed by atoms with Gasteiger partial charge in [0.25, 0.3) is 0 Å². The van der Waals surface area contributed by atoms with Crippen molar-refractivity contribution in [1.82, 2.24) is 0 Å². The van der Waals surface area contributed by atoms with Gasteiger partial charge in [0, 0.05) is 13.0 Å². The van der Waals surface area contributed by atoms with Crippen LogP contribution < -0.4 is 5.73 Å². The fourth-order valence-electron chi connectivity index (χ4n) is 0.763. The lowest BCUT2D eigenvalue weighted by Gasteiger charge is -2.19. The summed E-state index contributed by atoms with van der Waals surface area (Å²) in [4.78, 5) is 4.35. The van der Waals surface area contributed by atoms with Gasteiger partial charge in [-0.15, -0.1) is 0 Å². The number of nitrogens with two attached hydrogens (primary N) is 1. The van der Waals surface area contributed by atoms with Gasteiger partial charge in [-0.25, -0.2) is 0 Å². The van der Waals surface area contributed by atoms with Crippen LogP contribution in [0.2, 0.25) is 0 Å². The number of hydrogen-bond donors (Lipinski definition) is 1. The lowest BCUT2D eigenvalue weighted by atomic mass is 9.91. The molecular formula is C10H22N2. The van der Waals surface area contributed by atoms with Crippen LogP contribution in [0, 0.1) is 5.41 Å². The van der Waals surface area contributed by atoms with Crippen LogP contribution in [0.25, 0.3) is 0 Å². The van der Waals surface area contributed by atoms with E-state index >= 15 is 0 Å². The summed E-state index contributed by atoms with van der Waals surface area (Å²) >= 11 is 0. The first kappa shape index (κ1) is 11.5. The Labute approximate surface area is 76.3 Å². The van der Waals surface area contributed by atoms with Crippen molar-refractivity contribution in [1.29, 1.82) is 0 Å². The Bertz CT molecular complexity index is 148. The van der Waals surface area contributed by atoms with Gasteiger partial charge in [0.1, 0.15) is 0 Å². The lowest BCUT2D eigenvalue weighted by molar-refractivity contribution is 0.365. The molecule has 2 heteroatoms. The molecule has 0 rings (SSSR count). The highest BCUT2D eigenvalue weighted by molar-refractivity contribution is 5.80. The van der Waals surface area contributed by atoms with Gasteiger partial charge >= 0.3 is 0 Å². The fourth-order valence-corrected chi connectivity index (χ4v) is 0.763. The third kappa shape index (κ3) is 5.16.